The first-order valence-corrected chi connectivity index (χ1v) is 7.36. The summed E-state index contributed by atoms with van der Waals surface area (Å²) in [6.07, 6.45) is 12.8. The predicted octanol–water partition coefficient (Wildman–Crippen LogP) is 5.71. The Balaban J connectivity index is 1.91. The van der Waals surface area contributed by atoms with Crippen LogP contribution in [0.2, 0.25) is 0 Å². The highest BCUT2D eigenvalue weighted by molar-refractivity contribution is 5.15. The molecule has 0 aromatic heterocycles. The maximum Gasteiger partial charge on any atom is 0.123 e. The largest absolute Gasteiger partial charge is 0.207 e. The number of halogens is 1. The van der Waals surface area contributed by atoms with Crippen molar-refractivity contribution in [2.24, 2.45) is 0 Å². The zero-order chi connectivity index (χ0) is 13.1. The standard InChI is InChI=1S/C17H26F/c1-2-3-4-5-6-7-8-9-10-11-16-12-14-17(18)15-13-16/h12-15H,1-11H2. The molecule has 0 saturated carbocycles. The molecule has 101 valence electrons. The van der Waals surface area contributed by atoms with E-state index in [-0.39, 0.29) is 5.82 Å². The van der Waals surface area contributed by atoms with Crippen molar-refractivity contribution in [3.63, 3.8) is 0 Å². The first-order chi connectivity index (χ1) is 8.83. The molecule has 1 aromatic rings. The molecule has 0 bridgehead atoms. The fraction of sp³-hybridized carbons (Fsp3) is 0.588. The molecule has 1 rings (SSSR count). The van der Waals surface area contributed by atoms with Gasteiger partial charge in [0.1, 0.15) is 5.82 Å². The van der Waals surface area contributed by atoms with Crippen LogP contribution in [0.4, 0.5) is 4.39 Å². The Kier molecular flexibility index (Phi) is 8.54. The van der Waals surface area contributed by atoms with Gasteiger partial charge in [-0.05, 0) is 30.5 Å². The monoisotopic (exact) mass is 249 g/mol. The van der Waals surface area contributed by atoms with Crippen molar-refractivity contribution in [1.82, 2.24) is 0 Å². The molecule has 0 aliphatic rings. The van der Waals surface area contributed by atoms with Gasteiger partial charge in [0.25, 0.3) is 0 Å². The highest BCUT2D eigenvalue weighted by Crippen LogP contribution is 2.12. The van der Waals surface area contributed by atoms with E-state index in [1.807, 2.05) is 12.1 Å². The first kappa shape index (κ1) is 15.2. The van der Waals surface area contributed by atoms with Crippen LogP contribution in [0.25, 0.3) is 0 Å². The van der Waals surface area contributed by atoms with Gasteiger partial charge in [0.15, 0.2) is 0 Å². The Labute approximate surface area is 112 Å². The average Bonchev–Trinajstić information content (AvgIpc) is 2.39. The van der Waals surface area contributed by atoms with Crippen LogP contribution in [0.5, 0.6) is 0 Å². The molecule has 0 fully saturated rings. The summed E-state index contributed by atoms with van der Waals surface area (Å²) in [7, 11) is 0. The van der Waals surface area contributed by atoms with Gasteiger partial charge in [0, 0.05) is 0 Å². The molecule has 0 atom stereocenters. The summed E-state index contributed by atoms with van der Waals surface area (Å²) in [4.78, 5) is 0. The summed E-state index contributed by atoms with van der Waals surface area (Å²) < 4.78 is 12.7. The van der Waals surface area contributed by atoms with Crippen LogP contribution in [0.15, 0.2) is 24.3 Å². The third-order valence-corrected chi connectivity index (χ3v) is 3.38. The molecule has 0 spiro atoms. The van der Waals surface area contributed by atoms with Gasteiger partial charge in [-0.15, -0.1) is 0 Å². The smallest absolute Gasteiger partial charge is 0.123 e. The van der Waals surface area contributed by atoms with Crippen molar-refractivity contribution < 1.29 is 4.39 Å². The van der Waals surface area contributed by atoms with Gasteiger partial charge in [-0.1, -0.05) is 70.4 Å². The minimum Gasteiger partial charge on any atom is -0.207 e. The zero-order valence-electron chi connectivity index (χ0n) is 11.5. The molecule has 0 heterocycles. The summed E-state index contributed by atoms with van der Waals surface area (Å²) in [5.74, 6) is -0.138. The Bertz CT molecular complexity index is 289. The molecule has 0 aliphatic carbocycles. The molecule has 0 aliphatic heterocycles. The van der Waals surface area contributed by atoms with Crippen molar-refractivity contribution in [1.29, 1.82) is 0 Å². The van der Waals surface area contributed by atoms with E-state index in [4.69, 9.17) is 0 Å². The molecule has 1 radical (unpaired) electrons. The minimum absolute atomic E-state index is 0.138. The second-order valence-corrected chi connectivity index (χ2v) is 5.06. The third kappa shape index (κ3) is 7.47. The molecule has 1 aromatic carbocycles. The van der Waals surface area contributed by atoms with Gasteiger partial charge < -0.3 is 0 Å². The van der Waals surface area contributed by atoms with Crippen LogP contribution in [0.1, 0.15) is 63.4 Å². The SMILES string of the molecule is [CH2]CCCCCCCCCCc1ccc(F)cc1. The van der Waals surface area contributed by atoms with Crippen molar-refractivity contribution in [3.8, 4) is 0 Å². The number of rotatable bonds is 10. The molecular weight excluding hydrogens is 223 g/mol. The lowest BCUT2D eigenvalue weighted by atomic mass is 10.0. The van der Waals surface area contributed by atoms with E-state index in [1.54, 1.807) is 12.1 Å². The molecule has 0 N–H and O–H groups in total. The number of hydrogen-bond acceptors (Lipinski definition) is 0. The maximum absolute atomic E-state index is 12.7. The van der Waals surface area contributed by atoms with Gasteiger partial charge in [-0.3, -0.25) is 0 Å². The van der Waals surface area contributed by atoms with Crippen LogP contribution in [-0.2, 0) is 6.42 Å². The summed E-state index contributed by atoms with van der Waals surface area (Å²) in [5, 5.41) is 0. The van der Waals surface area contributed by atoms with E-state index < -0.39 is 0 Å². The molecule has 1 heteroatoms. The average molecular weight is 249 g/mol. The fourth-order valence-electron chi connectivity index (χ4n) is 2.22. The lowest BCUT2D eigenvalue weighted by Gasteiger charge is -2.03. The van der Waals surface area contributed by atoms with Gasteiger partial charge in [0.05, 0.1) is 0 Å². The van der Waals surface area contributed by atoms with Crippen LogP contribution < -0.4 is 0 Å². The van der Waals surface area contributed by atoms with Gasteiger partial charge in [-0.25, -0.2) is 4.39 Å². The number of unbranched alkanes of at least 4 members (excludes halogenated alkanes) is 8. The topological polar surface area (TPSA) is 0 Å². The highest BCUT2D eigenvalue weighted by atomic mass is 19.1. The van der Waals surface area contributed by atoms with E-state index in [0.717, 1.165) is 12.8 Å². The van der Waals surface area contributed by atoms with E-state index >= 15 is 0 Å². The number of hydrogen-bond donors (Lipinski definition) is 0. The van der Waals surface area contributed by atoms with Gasteiger partial charge in [-0.2, -0.15) is 0 Å². The van der Waals surface area contributed by atoms with Crippen molar-refractivity contribution in [2.75, 3.05) is 0 Å². The van der Waals surface area contributed by atoms with E-state index in [2.05, 4.69) is 6.92 Å². The van der Waals surface area contributed by atoms with Crippen molar-refractivity contribution in [2.45, 2.75) is 64.2 Å². The van der Waals surface area contributed by atoms with Crippen LogP contribution >= 0.6 is 0 Å². The molecular formula is C17H26F. The quantitative estimate of drug-likeness (QED) is 0.466. The maximum atomic E-state index is 12.7. The lowest BCUT2D eigenvalue weighted by Crippen LogP contribution is -1.87. The predicted molar refractivity (Wildman–Crippen MR) is 77.0 cm³/mol. The van der Waals surface area contributed by atoms with Gasteiger partial charge >= 0.3 is 0 Å². The second kappa shape index (κ2) is 10.1. The molecule has 0 saturated heterocycles. The Morgan fingerprint density at radius 2 is 1.22 bits per heavy atom. The fourth-order valence-corrected chi connectivity index (χ4v) is 2.22. The van der Waals surface area contributed by atoms with Crippen LogP contribution in [-0.4, -0.2) is 0 Å². The Morgan fingerprint density at radius 1 is 0.722 bits per heavy atom. The van der Waals surface area contributed by atoms with Crippen molar-refractivity contribution in [3.05, 3.63) is 42.6 Å². The third-order valence-electron chi connectivity index (χ3n) is 3.38. The molecule has 0 unspecified atom stereocenters. The summed E-state index contributed by atoms with van der Waals surface area (Å²) >= 11 is 0. The minimum atomic E-state index is -0.138. The molecule has 18 heavy (non-hydrogen) atoms. The number of benzene rings is 1. The first-order valence-electron chi connectivity index (χ1n) is 7.36. The van der Waals surface area contributed by atoms with Gasteiger partial charge in [0.2, 0.25) is 0 Å². The van der Waals surface area contributed by atoms with E-state index in [9.17, 15) is 4.39 Å². The van der Waals surface area contributed by atoms with E-state index in [1.165, 1.54) is 56.9 Å². The van der Waals surface area contributed by atoms with E-state index in [0.29, 0.717) is 0 Å². The molecule has 0 amide bonds. The number of aryl methyl sites for hydroxylation is 1. The highest BCUT2D eigenvalue weighted by Gasteiger charge is 1.95. The summed E-state index contributed by atoms with van der Waals surface area (Å²) in [5.41, 5.74) is 1.26. The Hall–Kier alpha value is -0.850. The summed E-state index contributed by atoms with van der Waals surface area (Å²) in [6.45, 7) is 3.85. The lowest BCUT2D eigenvalue weighted by molar-refractivity contribution is 0.569. The molecule has 0 nitrogen and oxygen atoms in total. The normalized spacial score (nSPS) is 10.8. The second-order valence-electron chi connectivity index (χ2n) is 5.06. The van der Waals surface area contributed by atoms with Crippen molar-refractivity contribution >= 4 is 0 Å². The van der Waals surface area contributed by atoms with Crippen LogP contribution in [0.3, 0.4) is 0 Å². The Morgan fingerprint density at radius 3 is 1.78 bits per heavy atom. The summed E-state index contributed by atoms with van der Waals surface area (Å²) in [6, 6.07) is 6.90. The van der Waals surface area contributed by atoms with Crippen LogP contribution in [0, 0.1) is 12.7 Å². The zero-order valence-corrected chi connectivity index (χ0v) is 11.5.